The van der Waals surface area contributed by atoms with Crippen LogP contribution in [0.1, 0.15) is 10.4 Å². The van der Waals surface area contributed by atoms with Crippen LogP contribution in [0.25, 0.3) is 33.4 Å². The van der Waals surface area contributed by atoms with E-state index in [1.165, 1.54) is 24.3 Å². The molecule has 140 valence electrons. The molecule has 0 N–H and O–H groups in total. The van der Waals surface area contributed by atoms with Gasteiger partial charge in [-0.05, 0) is 29.8 Å². The summed E-state index contributed by atoms with van der Waals surface area (Å²) in [5.41, 5.74) is 2.53. The Labute approximate surface area is 165 Å². The SMILES string of the molecule is O=C(OCCS)c1ccccc1-c1c2ccc(=O)cc-2oc2cc([O-])ccc12. The minimum absolute atomic E-state index is 0.195. The highest BCUT2D eigenvalue weighted by atomic mass is 32.1. The number of benzene rings is 3. The molecule has 0 saturated heterocycles. The molecule has 2 aromatic rings. The molecule has 0 saturated carbocycles. The lowest BCUT2D eigenvalue weighted by molar-refractivity contribution is -0.268. The largest absolute Gasteiger partial charge is 0.872 e. The lowest BCUT2D eigenvalue weighted by Gasteiger charge is -2.18. The third kappa shape index (κ3) is 3.23. The molecule has 5 nitrogen and oxygen atoms in total. The van der Waals surface area contributed by atoms with Gasteiger partial charge >= 0.3 is 5.97 Å². The fourth-order valence-electron chi connectivity index (χ4n) is 3.24. The molecule has 0 fully saturated rings. The first-order valence-electron chi connectivity index (χ1n) is 8.63. The van der Waals surface area contributed by atoms with Gasteiger partial charge in [0.05, 0.1) is 5.56 Å². The van der Waals surface area contributed by atoms with Crippen molar-refractivity contribution in [3.8, 4) is 28.2 Å². The molecule has 1 aliphatic heterocycles. The van der Waals surface area contributed by atoms with Gasteiger partial charge in [-0.2, -0.15) is 12.6 Å². The van der Waals surface area contributed by atoms with Crippen LogP contribution in [-0.4, -0.2) is 18.3 Å². The first-order chi connectivity index (χ1) is 13.6. The van der Waals surface area contributed by atoms with E-state index in [1.54, 1.807) is 24.3 Å². The van der Waals surface area contributed by atoms with E-state index in [9.17, 15) is 14.7 Å². The van der Waals surface area contributed by atoms with Crippen molar-refractivity contribution in [3.05, 3.63) is 76.5 Å². The molecule has 1 aliphatic carbocycles. The summed E-state index contributed by atoms with van der Waals surface area (Å²) >= 11 is 4.07. The third-order valence-corrected chi connectivity index (χ3v) is 4.59. The van der Waals surface area contributed by atoms with Crippen LogP contribution in [0.15, 0.2) is 69.9 Å². The highest BCUT2D eigenvalue weighted by Gasteiger charge is 2.21. The number of ether oxygens (including phenoxy) is 1. The monoisotopic (exact) mass is 391 g/mol. The molecule has 4 rings (SSSR count). The zero-order chi connectivity index (χ0) is 19.7. The predicted octanol–water partition coefficient (Wildman–Crippen LogP) is 3.73. The van der Waals surface area contributed by atoms with E-state index in [1.807, 2.05) is 12.1 Å². The zero-order valence-electron chi connectivity index (χ0n) is 14.7. The van der Waals surface area contributed by atoms with Gasteiger partial charge in [0, 0.05) is 28.3 Å². The summed E-state index contributed by atoms with van der Waals surface area (Å²) in [5, 5.41) is 12.5. The van der Waals surface area contributed by atoms with Gasteiger partial charge in [0.15, 0.2) is 5.43 Å². The summed E-state index contributed by atoms with van der Waals surface area (Å²) in [4.78, 5) is 24.4. The fraction of sp³-hybridized carbons (Fsp3) is 0.0909. The average Bonchev–Trinajstić information content (AvgIpc) is 2.70. The number of rotatable bonds is 4. The number of esters is 1. The number of hydrogen-bond acceptors (Lipinski definition) is 6. The molecular formula is C22H15O5S-. The second kappa shape index (κ2) is 7.40. The van der Waals surface area contributed by atoms with Crippen molar-refractivity contribution >= 4 is 29.6 Å². The van der Waals surface area contributed by atoms with Crippen LogP contribution in [0.4, 0.5) is 0 Å². The molecule has 2 aromatic carbocycles. The fourth-order valence-corrected chi connectivity index (χ4v) is 3.33. The molecule has 1 heterocycles. The first kappa shape index (κ1) is 18.1. The van der Waals surface area contributed by atoms with Gasteiger partial charge in [-0.1, -0.05) is 30.3 Å². The molecule has 0 atom stereocenters. The van der Waals surface area contributed by atoms with Crippen molar-refractivity contribution in [2.24, 2.45) is 0 Å². The van der Waals surface area contributed by atoms with E-state index in [0.717, 1.165) is 0 Å². The highest BCUT2D eigenvalue weighted by Crippen LogP contribution is 2.41. The van der Waals surface area contributed by atoms with E-state index in [2.05, 4.69) is 12.6 Å². The second-order valence-corrected chi connectivity index (χ2v) is 6.65. The maximum atomic E-state index is 12.6. The summed E-state index contributed by atoms with van der Waals surface area (Å²) in [5.74, 6) is 0.0933. The van der Waals surface area contributed by atoms with E-state index in [0.29, 0.717) is 44.7 Å². The smallest absolute Gasteiger partial charge is 0.338 e. The Kier molecular flexibility index (Phi) is 4.79. The molecule has 2 aliphatic rings. The molecule has 28 heavy (non-hydrogen) atoms. The minimum atomic E-state index is -0.465. The van der Waals surface area contributed by atoms with Crippen LogP contribution in [-0.2, 0) is 4.74 Å². The van der Waals surface area contributed by atoms with Gasteiger partial charge in [-0.15, -0.1) is 5.75 Å². The number of thiol groups is 1. The molecular weight excluding hydrogens is 376 g/mol. The van der Waals surface area contributed by atoms with Gasteiger partial charge in [-0.25, -0.2) is 4.79 Å². The molecule has 0 aromatic heterocycles. The highest BCUT2D eigenvalue weighted by molar-refractivity contribution is 7.80. The van der Waals surface area contributed by atoms with Crippen LogP contribution >= 0.6 is 12.6 Å². The van der Waals surface area contributed by atoms with Crippen molar-refractivity contribution < 1.29 is 19.1 Å². The Hall–Kier alpha value is -3.25. The topological polar surface area (TPSA) is 79.6 Å². The molecule has 0 spiro atoms. The quantitative estimate of drug-likeness (QED) is 0.326. The van der Waals surface area contributed by atoms with E-state index >= 15 is 0 Å². The van der Waals surface area contributed by atoms with Crippen molar-refractivity contribution in [2.75, 3.05) is 12.4 Å². The van der Waals surface area contributed by atoms with Crippen LogP contribution in [0.5, 0.6) is 5.75 Å². The van der Waals surface area contributed by atoms with Crippen LogP contribution in [0, 0.1) is 0 Å². The summed E-state index contributed by atoms with van der Waals surface area (Å²) in [7, 11) is 0. The van der Waals surface area contributed by atoms with Crippen molar-refractivity contribution in [1.82, 2.24) is 0 Å². The number of hydrogen-bond donors (Lipinski definition) is 1. The second-order valence-electron chi connectivity index (χ2n) is 6.20. The van der Waals surface area contributed by atoms with Gasteiger partial charge in [-0.3, -0.25) is 4.79 Å². The third-order valence-electron chi connectivity index (χ3n) is 4.41. The number of carbonyl (C=O) groups excluding carboxylic acids is 1. The van der Waals surface area contributed by atoms with Crippen LogP contribution in [0.2, 0.25) is 0 Å². The molecule has 0 bridgehead atoms. The lowest BCUT2D eigenvalue weighted by Crippen LogP contribution is -2.09. The number of fused-ring (bicyclic) bond motifs is 2. The summed E-state index contributed by atoms with van der Waals surface area (Å²) in [6.07, 6.45) is 0. The van der Waals surface area contributed by atoms with Gasteiger partial charge in [0.1, 0.15) is 18.0 Å². The van der Waals surface area contributed by atoms with E-state index in [-0.39, 0.29) is 17.8 Å². The minimum Gasteiger partial charge on any atom is -0.872 e. The Morgan fingerprint density at radius 1 is 1.04 bits per heavy atom. The van der Waals surface area contributed by atoms with Gasteiger partial charge in [0.2, 0.25) is 0 Å². The average molecular weight is 391 g/mol. The van der Waals surface area contributed by atoms with Gasteiger partial charge < -0.3 is 14.3 Å². The normalized spacial score (nSPS) is 11.0. The number of carbonyl (C=O) groups is 1. The Morgan fingerprint density at radius 2 is 1.86 bits per heavy atom. The standard InChI is InChI=1S/C22H16O5S/c23-13-5-7-17-19(11-13)27-20-12-14(24)6-8-18(20)21(17)15-3-1-2-4-16(15)22(25)26-9-10-28/h1-8,11-12,23,28H,9-10H2/p-1. The van der Waals surface area contributed by atoms with Crippen LogP contribution < -0.4 is 10.5 Å². The Balaban J connectivity index is 2.06. The van der Waals surface area contributed by atoms with Crippen molar-refractivity contribution in [2.45, 2.75) is 0 Å². The Morgan fingerprint density at radius 3 is 2.68 bits per heavy atom. The van der Waals surface area contributed by atoms with Crippen molar-refractivity contribution in [3.63, 3.8) is 0 Å². The first-order valence-corrected chi connectivity index (χ1v) is 9.27. The molecule has 0 unspecified atom stereocenters. The van der Waals surface area contributed by atoms with Crippen LogP contribution in [0.3, 0.4) is 0 Å². The maximum Gasteiger partial charge on any atom is 0.338 e. The Bertz CT molecular complexity index is 1210. The molecule has 0 radical (unpaired) electrons. The van der Waals surface area contributed by atoms with E-state index < -0.39 is 5.97 Å². The van der Waals surface area contributed by atoms with Crippen molar-refractivity contribution in [1.29, 1.82) is 0 Å². The lowest BCUT2D eigenvalue weighted by atomic mass is 9.91. The molecule has 6 heteroatoms. The summed E-state index contributed by atoms with van der Waals surface area (Å²) in [6.45, 7) is 0.195. The summed E-state index contributed by atoms with van der Waals surface area (Å²) < 4.78 is 11.1. The molecule has 0 amide bonds. The van der Waals surface area contributed by atoms with E-state index in [4.69, 9.17) is 9.15 Å². The zero-order valence-corrected chi connectivity index (χ0v) is 15.6. The maximum absolute atomic E-state index is 12.6. The summed E-state index contributed by atoms with van der Waals surface area (Å²) in [6, 6.07) is 16.0. The van der Waals surface area contributed by atoms with Gasteiger partial charge in [0.25, 0.3) is 0 Å². The predicted molar refractivity (Wildman–Crippen MR) is 108 cm³/mol.